The van der Waals surface area contributed by atoms with Crippen molar-refractivity contribution in [1.29, 1.82) is 0 Å². The van der Waals surface area contributed by atoms with Gasteiger partial charge in [-0.25, -0.2) is 4.79 Å². The van der Waals surface area contributed by atoms with Crippen molar-refractivity contribution in [1.82, 2.24) is 4.90 Å². The van der Waals surface area contributed by atoms with E-state index in [1.54, 1.807) is 12.1 Å². The number of nitrogens with zero attached hydrogens (tertiary/aromatic N) is 1. The minimum Gasteiger partial charge on any atom is -0.479 e. The molecule has 2 aromatic rings. The van der Waals surface area contributed by atoms with E-state index in [9.17, 15) is 14.7 Å². The van der Waals surface area contributed by atoms with Crippen molar-refractivity contribution < 1.29 is 19.1 Å². The second-order valence-corrected chi connectivity index (χ2v) is 6.17. The molecule has 5 nitrogen and oxygen atoms in total. The van der Waals surface area contributed by atoms with Crippen molar-refractivity contribution in [3.63, 3.8) is 0 Å². The number of carbonyl (C=O) groups excluding carboxylic acids is 1. The molecule has 1 aliphatic heterocycles. The summed E-state index contributed by atoms with van der Waals surface area (Å²) in [6.45, 7) is 0.377. The Balaban J connectivity index is 1.97. The summed E-state index contributed by atoms with van der Waals surface area (Å²) in [5.74, 6) is -1.29. The van der Waals surface area contributed by atoms with Crippen molar-refractivity contribution in [3.8, 4) is 0 Å². The van der Waals surface area contributed by atoms with Crippen molar-refractivity contribution in [2.45, 2.75) is 12.5 Å². The fourth-order valence-corrected chi connectivity index (χ4v) is 3.58. The van der Waals surface area contributed by atoms with Gasteiger partial charge in [0.05, 0.1) is 0 Å². The van der Waals surface area contributed by atoms with Crippen LogP contribution in [0.25, 0.3) is 0 Å². The van der Waals surface area contributed by atoms with Gasteiger partial charge in [0, 0.05) is 11.4 Å². The maximum atomic E-state index is 12.4. The predicted octanol–water partition coefficient (Wildman–Crippen LogP) is 2.93. The van der Waals surface area contributed by atoms with E-state index in [1.807, 2.05) is 5.38 Å². The van der Waals surface area contributed by atoms with E-state index in [0.717, 1.165) is 4.88 Å². The summed E-state index contributed by atoms with van der Waals surface area (Å²) in [5.41, 5.74) is 0.702. The number of aliphatic carboxylic acids is 1. The van der Waals surface area contributed by atoms with Crippen LogP contribution in [0.5, 0.6) is 0 Å². The van der Waals surface area contributed by atoms with Crippen LogP contribution in [-0.2, 0) is 11.2 Å². The minimum absolute atomic E-state index is 0.141. The zero-order chi connectivity index (χ0) is 14.3. The van der Waals surface area contributed by atoms with E-state index < -0.39 is 17.9 Å². The molecule has 0 aromatic carbocycles. The number of carbonyl (C=O) groups is 2. The first-order valence-electron chi connectivity index (χ1n) is 5.93. The number of fused-ring (bicyclic) bond motifs is 1. The maximum absolute atomic E-state index is 12.4. The summed E-state index contributed by atoms with van der Waals surface area (Å²) in [6.07, 6.45) is 0.671. The second-order valence-electron chi connectivity index (χ2n) is 4.39. The SMILES string of the molecule is O=C(O)C1c2ccsc2CCN1C(=O)c1ccc(Br)o1. The molecule has 104 valence electrons. The Hall–Kier alpha value is -1.60. The molecular formula is C13H10BrNO4S. The molecule has 0 fully saturated rings. The van der Waals surface area contributed by atoms with Crippen LogP contribution >= 0.6 is 27.3 Å². The summed E-state index contributed by atoms with van der Waals surface area (Å²) in [6, 6.07) is 3.98. The van der Waals surface area contributed by atoms with E-state index in [-0.39, 0.29) is 5.76 Å². The highest BCUT2D eigenvalue weighted by Crippen LogP contribution is 2.34. The molecular weight excluding hydrogens is 346 g/mol. The fraction of sp³-hybridized carbons (Fsp3) is 0.231. The molecule has 3 rings (SSSR count). The Morgan fingerprint density at radius 2 is 2.20 bits per heavy atom. The molecule has 20 heavy (non-hydrogen) atoms. The third-order valence-electron chi connectivity index (χ3n) is 3.24. The number of hydrogen-bond acceptors (Lipinski definition) is 4. The van der Waals surface area contributed by atoms with Crippen molar-refractivity contribution in [2.24, 2.45) is 0 Å². The van der Waals surface area contributed by atoms with Crippen LogP contribution in [0.15, 0.2) is 32.7 Å². The number of amides is 1. The molecule has 0 radical (unpaired) electrons. The molecule has 1 unspecified atom stereocenters. The Labute approximate surface area is 126 Å². The van der Waals surface area contributed by atoms with Crippen LogP contribution < -0.4 is 0 Å². The summed E-state index contributed by atoms with van der Waals surface area (Å²) in [5, 5.41) is 11.3. The molecule has 1 aliphatic rings. The molecule has 1 N–H and O–H groups in total. The lowest BCUT2D eigenvalue weighted by molar-refractivity contribution is -0.143. The lowest BCUT2D eigenvalue weighted by Crippen LogP contribution is -2.42. The van der Waals surface area contributed by atoms with Crippen molar-refractivity contribution in [3.05, 3.63) is 44.4 Å². The topological polar surface area (TPSA) is 70.8 Å². The standard InChI is InChI=1S/C13H10BrNO4S/c14-10-2-1-8(19-10)12(16)15-5-3-9-7(4-6-20-9)11(15)13(17)18/h1-2,4,6,11H,3,5H2,(H,17,18). The largest absolute Gasteiger partial charge is 0.479 e. The van der Waals surface area contributed by atoms with E-state index >= 15 is 0 Å². The smallest absolute Gasteiger partial charge is 0.331 e. The first-order chi connectivity index (χ1) is 9.58. The first kappa shape index (κ1) is 13.4. The molecule has 0 saturated carbocycles. The van der Waals surface area contributed by atoms with Gasteiger partial charge in [0.25, 0.3) is 5.91 Å². The molecule has 7 heteroatoms. The Morgan fingerprint density at radius 1 is 1.40 bits per heavy atom. The normalized spacial score (nSPS) is 17.9. The van der Waals surface area contributed by atoms with Gasteiger partial charge in [-0.05, 0) is 51.5 Å². The molecule has 1 amide bonds. The van der Waals surface area contributed by atoms with Gasteiger partial charge >= 0.3 is 5.97 Å². The van der Waals surface area contributed by atoms with Gasteiger partial charge in [-0.3, -0.25) is 4.79 Å². The number of carboxylic acid groups (broad SMARTS) is 1. The quantitative estimate of drug-likeness (QED) is 0.898. The Bertz CT molecular complexity index is 677. The zero-order valence-corrected chi connectivity index (χ0v) is 12.6. The molecule has 0 spiro atoms. The average Bonchev–Trinajstić information content (AvgIpc) is 3.04. The molecule has 1 atom stereocenters. The molecule has 0 aliphatic carbocycles. The molecule has 2 aromatic heterocycles. The van der Waals surface area contributed by atoms with E-state index in [2.05, 4.69) is 15.9 Å². The minimum atomic E-state index is -1.02. The monoisotopic (exact) mass is 355 g/mol. The number of furan rings is 1. The third-order valence-corrected chi connectivity index (χ3v) is 4.67. The van der Waals surface area contributed by atoms with Gasteiger partial charge < -0.3 is 14.4 Å². The van der Waals surface area contributed by atoms with Crippen LogP contribution in [-0.4, -0.2) is 28.4 Å². The summed E-state index contributed by atoms with van der Waals surface area (Å²) < 4.78 is 5.68. The number of hydrogen-bond donors (Lipinski definition) is 1. The Morgan fingerprint density at radius 3 is 2.85 bits per heavy atom. The summed E-state index contributed by atoms with van der Waals surface area (Å²) in [4.78, 5) is 26.3. The number of carboxylic acids is 1. The number of halogens is 1. The van der Waals surface area contributed by atoms with Gasteiger partial charge in [0.2, 0.25) is 0 Å². The van der Waals surface area contributed by atoms with Crippen molar-refractivity contribution in [2.75, 3.05) is 6.54 Å². The maximum Gasteiger partial charge on any atom is 0.331 e. The lowest BCUT2D eigenvalue weighted by Gasteiger charge is -2.32. The summed E-state index contributed by atoms with van der Waals surface area (Å²) >= 11 is 4.66. The zero-order valence-electron chi connectivity index (χ0n) is 10.2. The average molecular weight is 356 g/mol. The van der Waals surface area contributed by atoms with E-state index in [0.29, 0.717) is 23.2 Å². The number of thiophene rings is 1. The van der Waals surface area contributed by atoms with Crippen LogP contribution in [0.4, 0.5) is 0 Å². The van der Waals surface area contributed by atoms with E-state index in [1.165, 1.54) is 22.3 Å². The van der Waals surface area contributed by atoms with Crippen LogP contribution in [0, 0.1) is 0 Å². The molecule has 0 bridgehead atoms. The molecule has 3 heterocycles. The van der Waals surface area contributed by atoms with Gasteiger partial charge in [-0.1, -0.05) is 0 Å². The summed E-state index contributed by atoms with van der Waals surface area (Å²) in [7, 11) is 0. The van der Waals surface area contributed by atoms with Crippen molar-refractivity contribution >= 4 is 39.1 Å². The van der Waals surface area contributed by atoms with Gasteiger partial charge in [0.1, 0.15) is 0 Å². The predicted molar refractivity (Wildman–Crippen MR) is 75.8 cm³/mol. The highest BCUT2D eigenvalue weighted by atomic mass is 79.9. The molecule has 0 saturated heterocycles. The number of rotatable bonds is 2. The van der Waals surface area contributed by atoms with E-state index in [4.69, 9.17) is 4.42 Å². The Kier molecular flexibility index (Phi) is 3.39. The van der Waals surface area contributed by atoms with Crippen LogP contribution in [0.2, 0.25) is 0 Å². The third kappa shape index (κ3) is 2.16. The fourth-order valence-electron chi connectivity index (χ4n) is 2.37. The second kappa shape index (κ2) is 5.06. The van der Waals surface area contributed by atoms with Crippen LogP contribution in [0.3, 0.4) is 0 Å². The van der Waals surface area contributed by atoms with Crippen LogP contribution in [0.1, 0.15) is 27.0 Å². The van der Waals surface area contributed by atoms with Gasteiger partial charge in [-0.2, -0.15) is 0 Å². The lowest BCUT2D eigenvalue weighted by atomic mass is 10.00. The first-order valence-corrected chi connectivity index (χ1v) is 7.60. The highest BCUT2D eigenvalue weighted by Gasteiger charge is 2.37. The highest BCUT2D eigenvalue weighted by molar-refractivity contribution is 9.10. The van der Waals surface area contributed by atoms with Gasteiger partial charge in [-0.15, -0.1) is 11.3 Å². The van der Waals surface area contributed by atoms with Gasteiger partial charge in [0.15, 0.2) is 16.5 Å².